The van der Waals surface area contributed by atoms with Crippen molar-refractivity contribution in [1.29, 1.82) is 0 Å². The second-order valence-corrected chi connectivity index (χ2v) is 4.61. The third-order valence-corrected chi connectivity index (χ3v) is 3.21. The van der Waals surface area contributed by atoms with E-state index in [9.17, 15) is 4.39 Å². The minimum Gasteiger partial charge on any atom is -0.314 e. The summed E-state index contributed by atoms with van der Waals surface area (Å²) >= 11 is 5.88. The van der Waals surface area contributed by atoms with E-state index in [0.29, 0.717) is 5.02 Å². The molecule has 100 valence electrons. The first-order valence-electron chi connectivity index (χ1n) is 5.74. The number of nitrogens with one attached hydrogen (secondary N) is 1. The molecular formula is C13H17Cl2FN2. The highest BCUT2D eigenvalue weighted by Gasteiger charge is 2.20. The molecule has 0 spiro atoms. The van der Waals surface area contributed by atoms with Gasteiger partial charge in [0.1, 0.15) is 5.82 Å². The summed E-state index contributed by atoms with van der Waals surface area (Å²) in [6.45, 7) is 7.62. The van der Waals surface area contributed by atoms with Crippen LogP contribution in [0.1, 0.15) is 11.6 Å². The van der Waals surface area contributed by atoms with Crippen LogP contribution in [0.15, 0.2) is 30.9 Å². The monoisotopic (exact) mass is 290 g/mol. The second kappa shape index (κ2) is 7.10. The molecule has 5 heteroatoms. The van der Waals surface area contributed by atoms with E-state index in [1.807, 2.05) is 6.08 Å². The van der Waals surface area contributed by atoms with Crippen LogP contribution in [0.25, 0.3) is 0 Å². The molecule has 1 atom stereocenters. The van der Waals surface area contributed by atoms with Crippen LogP contribution >= 0.6 is 24.0 Å². The van der Waals surface area contributed by atoms with Crippen molar-refractivity contribution in [2.75, 3.05) is 26.2 Å². The fraction of sp³-hybridized carbons (Fsp3) is 0.385. The Balaban J connectivity index is 0.00000162. The van der Waals surface area contributed by atoms with Crippen LogP contribution in [0.5, 0.6) is 0 Å². The first-order valence-corrected chi connectivity index (χ1v) is 6.12. The van der Waals surface area contributed by atoms with Crippen molar-refractivity contribution in [3.05, 3.63) is 47.3 Å². The van der Waals surface area contributed by atoms with E-state index < -0.39 is 0 Å². The number of nitrogens with zero attached hydrogens (tertiary/aromatic N) is 1. The quantitative estimate of drug-likeness (QED) is 0.861. The standard InChI is InChI=1S/C13H16ClFN2.ClH/c1-2-13(17-5-3-16-4-6-17)10-7-11(14)9-12(15)8-10;/h2,7-9,13,16H,1,3-6H2;1H/t13-;/m0./s1. The lowest BCUT2D eigenvalue weighted by Gasteiger charge is -2.33. The highest BCUT2D eigenvalue weighted by atomic mass is 35.5. The van der Waals surface area contributed by atoms with Gasteiger partial charge in [-0.25, -0.2) is 4.39 Å². The molecule has 2 rings (SSSR count). The number of halogens is 3. The average molecular weight is 291 g/mol. The minimum absolute atomic E-state index is 0. The van der Waals surface area contributed by atoms with Crippen molar-refractivity contribution in [3.63, 3.8) is 0 Å². The molecule has 0 unspecified atom stereocenters. The summed E-state index contributed by atoms with van der Waals surface area (Å²) in [4.78, 5) is 2.27. The predicted molar refractivity (Wildman–Crippen MR) is 76.0 cm³/mol. The summed E-state index contributed by atoms with van der Waals surface area (Å²) in [7, 11) is 0. The van der Waals surface area contributed by atoms with Crippen LogP contribution in [0.3, 0.4) is 0 Å². The van der Waals surface area contributed by atoms with Crippen LogP contribution in [-0.4, -0.2) is 31.1 Å². The van der Waals surface area contributed by atoms with E-state index in [1.165, 1.54) is 12.1 Å². The normalized spacial score (nSPS) is 17.9. The molecule has 0 aromatic heterocycles. The molecule has 1 saturated heterocycles. The summed E-state index contributed by atoms with van der Waals surface area (Å²) < 4.78 is 13.3. The first-order chi connectivity index (χ1) is 8.20. The smallest absolute Gasteiger partial charge is 0.125 e. The Morgan fingerprint density at radius 2 is 2.00 bits per heavy atom. The molecule has 2 nitrogen and oxygen atoms in total. The maximum Gasteiger partial charge on any atom is 0.125 e. The van der Waals surface area contributed by atoms with Crippen LogP contribution in [0.4, 0.5) is 4.39 Å². The lowest BCUT2D eigenvalue weighted by atomic mass is 10.0. The Hall–Kier alpha value is -0.610. The van der Waals surface area contributed by atoms with E-state index in [-0.39, 0.29) is 24.3 Å². The van der Waals surface area contributed by atoms with E-state index in [1.54, 1.807) is 6.07 Å². The summed E-state index contributed by atoms with van der Waals surface area (Å²) in [5.74, 6) is -0.297. The van der Waals surface area contributed by atoms with Gasteiger partial charge >= 0.3 is 0 Å². The van der Waals surface area contributed by atoms with Gasteiger partial charge in [-0.3, -0.25) is 4.90 Å². The van der Waals surface area contributed by atoms with Gasteiger partial charge in [-0.1, -0.05) is 17.7 Å². The Bertz CT molecular complexity index is 386. The predicted octanol–water partition coefficient (Wildman–Crippen LogP) is 3.03. The van der Waals surface area contributed by atoms with Gasteiger partial charge in [-0.2, -0.15) is 0 Å². The molecule has 1 fully saturated rings. The zero-order valence-electron chi connectivity index (χ0n) is 10.0. The van der Waals surface area contributed by atoms with Crippen LogP contribution in [0.2, 0.25) is 5.02 Å². The maximum atomic E-state index is 13.3. The van der Waals surface area contributed by atoms with Gasteiger partial charge in [-0.15, -0.1) is 19.0 Å². The van der Waals surface area contributed by atoms with Crippen molar-refractivity contribution < 1.29 is 4.39 Å². The number of rotatable bonds is 3. The number of piperazine rings is 1. The van der Waals surface area contributed by atoms with E-state index in [0.717, 1.165) is 31.7 Å². The van der Waals surface area contributed by atoms with Gasteiger partial charge < -0.3 is 5.32 Å². The third-order valence-electron chi connectivity index (χ3n) is 2.99. The molecule has 18 heavy (non-hydrogen) atoms. The molecule has 1 aliphatic heterocycles. The van der Waals surface area contributed by atoms with Gasteiger partial charge in [0.2, 0.25) is 0 Å². The van der Waals surface area contributed by atoms with Crippen molar-refractivity contribution in [1.82, 2.24) is 10.2 Å². The van der Waals surface area contributed by atoms with Crippen molar-refractivity contribution >= 4 is 24.0 Å². The van der Waals surface area contributed by atoms with Crippen LogP contribution in [0, 0.1) is 5.82 Å². The molecule has 0 radical (unpaired) electrons. The average Bonchev–Trinajstić information content (AvgIpc) is 2.30. The van der Waals surface area contributed by atoms with E-state index in [4.69, 9.17) is 11.6 Å². The van der Waals surface area contributed by atoms with Crippen LogP contribution in [-0.2, 0) is 0 Å². The lowest BCUT2D eigenvalue weighted by Crippen LogP contribution is -2.44. The minimum atomic E-state index is -0.297. The Morgan fingerprint density at radius 3 is 2.56 bits per heavy atom. The SMILES string of the molecule is C=C[C@@H](c1cc(F)cc(Cl)c1)N1CCNCC1.Cl. The first kappa shape index (κ1) is 15.4. The van der Waals surface area contributed by atoms with Gasteiger partial charge in [0.05, 0.1) is 6.04 Å². The van der Waals surface area contributed by atoms with Crippen molar-refractivity contribution in [3.8, 4) is 0 Å². The second-order valence-electron chi connectivity index (χ2n) is 4.17. The molecule has 1 heterocycles. The molecule has 1 aromatic rings. The van der Waals surface area contributed by atoms with Crippen LogP contribution < -0.4 is 5.32 Å². The van der Waals surface area contributed by atoms with Gasteiger partial charge in [0, 0.05) is 31.2 Å². The third kappa shape index (κ3) is 3.69. The zero-order chi connectivity index (χ0) is 12.3. The fourth-order valence-electron chi connectivity index (χ4n) is 2.20. The largest absolute Gasteiger partial charge is 0.314 e. The van der Waals surface area contributed by atoms with E-state index in [2.05, 4.69) is 16.8 Å². The lowest BCUT2D eigenvalue weighted by molar-refractivity contribution is 0.203. The summed E-state index contributed by atoms with van der Waals surface area (Å²) in [6.07, 6.45) is 1.84. The Kier molecular flexibility index (Phi) is 6.09. The topological polar surface area (TPSA) is 15.3 Å². The molecular weight excluding hydrogens is 274 g/mol. The Morgan fingerprint density at radius 1 is 1.33 bits per heavy atom. The summed E-state index contributed by atoms with van der Waals surface area (Å²) in [5.41, 5.74) is 0.868. The molecule has 1 aliphatic rings. The van der Waals surface area contributed by atoms with Crippen molar-refractivity contribution in [2.24, 2.45) is 0 Å². The molecule has 1 aromatic carbocycles. The summed E-state index contributed by atoms with van der Waals surface area (Å²) in [5, 5.41) is 3.72. The molecule has 1 N–H and O–H groups in total. The van der Waals surface area contributed by atoms with Crippen molar-refractivity contribution in [2.45, 2.75) is 6.04 Å². The van der Waals surface area contributed by atoms with Gasteiger partial charge in [-0.05, 0) is 23.8 Å². The molecule has 0 amide bonds. The Labute approximate surface area is 118 Å². The number of benzene rings is 1. The number of hydrogen-bond donors (Lipinski definition) is 1. The molecule has 0 aliphatic carbocycles. The molecule has 0 bridgehead atoms. The van der Waals surface area contributed by atoms with Gasteiger partial charge in [0.25, 0.3) is 0 Å². The van der Waals surface area contributed by atoms with E-state index >= 15 is 0 Å². The number of hydrogen-bond acceptors (Lipinski definition) is 2. The fourth-order valence-corrected chi connectivity index (χ4v) is 2.43. The molecule has 0 saturated carbocycles. The maximum absolute atomic E-state index is 13.3. The zero-order valence-corrected chi connectivity index (χ0v) is 11.6. The highest BCUT2D eigenvalue weighted by molar-refractivity contribution is 6.30. The highest BCUT2D eigenvalue weighted by Crippen LogP contribution is 2.25. The summed E-state index contributed by atoms with van der Waals surface area (Å²) in [6, 6.07) is 4.69. The van der Waals surface area contributed by atoms with Gasteiger partial charge in [0.15, 0.2) is 0 Å².